The van der Waals surface area contributed by atoms with Crippen molar-refractivity contribution in [1.29, 1.82) is 0 Å². The highest BCUT2D eigenvalue weighted by atomic mass is 16.1. The number of amides is 1. The lowest BCUT2D eigenvalue weighted by Gasteiger charge is -2.25. The van der Waals surface area contributed by atoms with E-state index >= 15 is 0 Å². The Labute approximate surface area is 66.0 Å². The van der Waals surface area contributed by atoms with E-state index < -0.39 is 0 Å². The van der Waals surface area contributed by atoms with Crippen molar-refractivity contribution < 1.29 is 4.79 Å². The number of piperidine rings is 1. The zero-order valence-corrected chi connectivity index (χ0v) is 6.34. The second kappa shape index (κ2) is 2.53. The number of hydrogen-bond acceptors (Lipinski definition) is 1. The zero-order valence-electron chi connectivity index (χ0n) is 6.34. The molecule has 1 aliphatic heterocycles. The number of nitrogens with one attached hydrogen (secondary N) is 1. The number of allylic oxidation sites excluding steroid dienone is 3. The summed E-state index contributed by atoms with van der Waals surface area (Å²) in [6.07, 6.45) is 8.17. The molecule has 2 nitrogen and oxygen atoms in total. The van der Waals surface area contributed by atoms with E-state index in [2.05, 4.69) is 11.4 Å². The maximum Gasteiger partial charge on any atom is 0.247 e. The monoisotopic (exact) mass is 149 g/mol. The zero-order chi connectivity index (χ0) is 7.68. The van der Waals surface area contributed by atoms with Crippen LogP contribution >= 0.6 is 0 Å². The standard InChI is InChI=1S/C9H11NO/c11-9-8-4-2-1-3-7(8)5-6-10-9/h1-2,4,7H,3,5-6H2,(H,10,11). The molecule has 0 spiro atoms. The van der Waals surface area contributed by atoms with Crippen LogP contribution in [0.5, 0.6) is 0 Å². The largest absolute Gasteiger partial charge is 0.352 e. The summed E-state index contributed by atoms with van der Waals surface area (Å²) in [5.41, 5.74) is 0.971. The summed E-state index contributed by atoms with van der Waals surface area (Å²) < 4.78 is 0. The van der Waals surface area contributed by atoms with E-state index in [-0.39, 0.29) is 5.91 Å². The van der Waals surface area contributed by atoms with E-state index in [1.807, 2.05) is 12.2 Å². The normalized spacial score (nSPS) is 28.9. The molecular weight excluding hydrogens is 138 g/mol. The predicted molar refractivity (Wildman–Crippen MR) is 43.0 cm³/mol. The van der Waals surface area contributed by atoms with E-state index in [0.29, 0.717) is 5.92 Å². The molecule has 1 N–H and O–H groups in total. The summed E-state index contributed by atoms with van der Waals surface area (Å²) in [4.78, 5) is 11.2. The van der Waals surface area contributed by atoms with Crippen molar-refractivity contribution in [2.24, 2.45) is 5.92 Å². The second-order valence-electron chi connectivity index (χ2n) is 3.03. The van der Waals surface area contributed by atoms with Crippen molar-refractivity contribution in [2.45, 2.75) is 12.8 Å². The van der Waals surface area contributed by atoms with Crippen LogP contribution < -0.4 is 5.32 Å². The third kappa shape index (κ3) is 1.09. The van der Waals surface area contributed by atoms with E-state index in [1.165, 1.54) is 0 Å². The molecule has 1 aliphatic carbocycles. The fourth-order valence-electron chi connectivity index (χ4n) is 1.67. The molecule has 0 saturated carbocycles. The first-order valence-electron chi connectivity index (χ1n) is 4.03. The smallest absolute Gasteiger partial charge is 0.247 e. The third-order valence-corrected chi connectivity index (χ3v) is 2.31. The van der Waals surface area contributed by atoms with Gasteiger partial charge in [0.15, 0.2) is 0 Å². The second-order valence-corrected chi connectivity index (χ2v) is 3.03. The van der Waals surface area contributed by atoms with Gasteiger partial charge in [0.25, 0.3) is 0 Å². The van der Waals surface area contributed by atoms with Gasteiger partial charge in [-0.3, -0.25) is 4.79 Å². The summed E-state index contributed by atoms with van der Waals surface area (Å²) in [6.45, 7) is 0.842. The van der Waals surface area contributed by atoms with Gasteiger partial charge < -0.3 is 5.32 Å². The fraction of sp³-hybridized carbons (Fsp3) is 0.444. The molecule has 58 valence electrons. The molecule has 11 heavy (non-hydrogen) atoms. The molecule has 2 heteroatoms. The first-order chi connectivity index (χ1) is 5.38. The molecule has 0 aromatic heterocycles. The van der Waals surface area contributed by atoms with Crippen LogP contribution in [-0.4, -0.2) is 12.5 Å². The van der Waals surface area contributed by atoms with E-state index in [4.69, 9.17) is 0 Å². The Morgan fingerprint density at radius 2 is 2.45 bits per heavy atom. The molecule has 1 amide bonds. The predicted octanol–water partition coefficient (Wildman–Crippen LogP) is 1.01. The van der Waals surface area contributed by atoms with Crippen LogP contribution in [0, 0.1) is 5.92 Å². The van der Waals surface area contributed by atoms with Gasteiger partial charge in [0, 0.05) is 12.1 Å². The minimum atomic E-state index is 0.130. The lowest BCUT2D eigenvalue weighted by molar-refractivity contribution is -0.119. The van der Waals surface area contributed by atoms with Gasteiger partial charge in [0.1, 0.15) is 0 Å². The van der Waals surface area contributed by atoms with Gasteiger partial charge in [-0.1, -0.05) is 18.2 Å². The summed E-state index contributed by atoms with van der Waals surface area (Å²) in [5, 5.41) is 2.84. The van der Waals surface area contributed by atoms with Crippen molar-refractivity contribution in [3.63, 3.8) is 0 Å². The third-order valence-electron chi connectivity index (χ3n) is 2.31. The quantitative estimate of drug-likeness (QED) is 0.547. The lowest BCUT2D eigenvalue weighted by atomic mass is 9.86. The van der Waals surface area contributed by atoms with Crippen LogP contribution in [0.25, 0.3) is 0 Å². The molecule has 1 atom stereocenters. The molecule has 0 aromatic rings. The Morgan fingerprint density at radius 3 is 3.27 bits per heavy atom. The molecular formula is C9H11NO. The fourth-order valence-corrected chi connectivity index (χ4v) is 1.67. The van der Waals surface area contributed by atoms with Crippen molar-refractivity contribution in [3.05, 3.63) is 23.8 Å². The number of rotatable bonds is 0. The summed E-state index contributed by atoms with van der Waals surface area (Å²) in [7, 11) is 0. The van der Waals surface area contributed by atoms with Gasteiger partial charge in [0.2, 0.25) is 5.91 Å². The van der Waals surface area contributed by atoms with Gasteiger partial charge >= 0.3 is 0 Å². The summed E-state index contributed by atoms with van der Waals surface area (Å²) in [6, 6.07) is 0. The Morgan fingerprint density at radius 1 is 1.55 bits per heavy atom. The molecule has 0 bridgehead atoms. The van der Waals surface area contributed by atoms with Crippen molar-refractivity contribution in [2.75, 3.05) is 6.54 Å². The van der Waals surface area contributed by atoms with Crippen LogP contribution in [0.15, 0.2) is 23.8 Å². The van der Waals surface area contributed by atoms with E-state index in [0.717, 1.165) is 25.0 Å². The first-order valence-corrected chi connectivity index (χ1v) is 4.03. The molecule has 1 unspecified atom stereocenters. The average molecular weight is 149 g/mol. The van der Waals surface area contributed by atoms with Crippen molar-refractivity contribution in [1.82, 2.24) is 5.32 Å². The van der Waals surface area contributed by atoms with Crippen LogP contribution in [0.3, 0.4) is 0 Å². The molecule has 0 aromatic carbocycles. The SMILES string of the molecule is O=C1NCCC2CC=CC=C12. The number of fused-ring (bicyclic) bond motifs is 1. The highest BCUT2D eigenvalue weighted by Crippen LogP contribution is 2.25. The summed E-state index contributed by atoms with van der Waals surface area (Å²) in [5.74, 6) is 0.624. The van der Waals surface area contributed by atoms with E-state index in [1.54, 1.807) is 0 Å². The minimum absolute atomic E-state index is 0.130. The molecule has 2 rings (SSSR count). The van der Waals surface area contributed by atoms with E-state index in [9.17, 15) is 4.79 Å². The Hall–Kier alpha value is -1.05. The highest BCUT2D eigenvalue weighted by molar-refractivity contribution is 5.95. The van der Waals surface area contributed by atoms with Gasteiger partial charge in [0.05, 0.1) is 0 Å². The molecule has 1 saturated heterocycles. The number of carbonyl (C=O) groups excluding carboxylic acids is 1. The van der Waals surface area contributed by atoms with Crippen LogP contribution in [0.1, 0.15) is 12.8 Å². The Kier molecular flexibility index (Phi) is 1.53. The maximum atomic E-state index is 11.2. The Bertz CT molecular complexity index is 240. The lowest BCUT2D eigenvalue weighted by Crippen LogP contribution is -2.36. The maximum absolute atomic E-state index is 11.2. The molecule has 0 radical (unpaired) electrons. The van der Waals surface area contributed by atoms with Crippen LogP contribution in [0.2, 0.25) is 0 Å². The van der Waals surface area contributed by atoms with Crippen molar-refractivity contribution in [3.8, 4) is 0 Å². The van der Waals surface area contributed by atoms with Crippen LogP contribution in [0.4, 0.5) is 0 Å². The molecule has 1 heterocycles. The van der Waals surface area contributed by atoms with Crippen molar-refractivity contribution >= 4 is 5.91 Å². The van der Waals surface area contributed by atoms with Gasteiger partial charge in [-0.25, -0.2) is 0 Å². The first kappa shape index (κ1) is 6.65. The molecule has 2 aliphatic rings. The highest BCUT2D eigenvalue weighted by Gasteiger charge is 2.24. The Balaban J connectivity index is 2.27. The number of carbonyl (C=O) groups is 1. The minimum Gasteiger partial charge on any atom is -0.352 e. The van der Waals surface area contributed by atoms with Gasteiger partial charge in [-0.05, 0) is 18.8 Å². The number of hydrogen-bond donors (Lipinski definition) is 1. The molecule has 1 fully saturated rings. The van der Waals surface area contributed by atoms with Gasteiger partial charge in [-0.15, -0.1) is 0 Å². The summed E-state index contributed by atoms with van der Waals surface area (Å²) >= 11 is 0. The van der Waals surface area contributed by atoms with Crippen LogP contribution in [-0.2, 0) is 4.79 Å². The van der Waals surface area contributed by atoms with Gasteiger partial charge in [-0.2, -0.15) is 0 Å². The average Bonchev–Trinajstić information content (AvgIpc) is 2.06. The topological polar surface area (TPSA) is 29.1 Å².